The van der Waals surface area contributed by atoms with Crippen molar-refractivity contribution in [1.29, 1.82) is 0 Å². The molecule has 1 saturated carbocycles. The molecule has 0 aromatic carbocycles. The van der Waals surface area contributed by atoms with Gasteiger partial charge in [-0.05, 0) is 32.3 Å². The predicted molar refractivity (Wildman–Crippen MR) is 89.1 cm³/mol. The van der Waals surface area contributed by atoms with E-state index in [1.54, 1.807) is 0 Å². The van der Waals surface area contributed by atoms with Crippen LogP contribution in [0.4, 0.5) is 13.2 Å². The maximum Gasteiger partial charge on any atom is 0.435 e. The van der Waals surface area contributed by atoms with Gasteiger partial charge in [0.15, 0.2) is 5.69 Å². The summed E-state index contributed by atoms with van der Waals surface area (Å²) in [5, 5.41) is 10.7. The molecule has 0 saturated heterocycles. The highest BCUT2D eigenvalue weighted by atomic mass is 35.5. The molecule has 2 aromatic heterocycles. The smallest absolute Gasteiger partial charge is 0.351 e. The first-order valence-electron chi connectivity index (χ1n) is 8.45. The minimum absolute atomic E-state index is 0.158. The van der Waals surface area contributed by atoms with Crippen LogP contribution >= 0.6 is 11.6 Å². The van der Waals surface area contributed by atoms with Crippen molar-refractivity contribution < 1.29 is 18.0 Å². The van der Waals surface area contributed by atoms with Crippen molar-refractivity contribution in [3.63, 3.8) is 0 Å². The van der Waals surface area contributed by atoms with Crippen molar-refractivity contribution in [3.05, 3.63) is 34.4 Å². The lowest BCUT2D eigenvalue weighted by Gasteiger charge is -2.09. The number of amides is 1. The van der Waals surface area contributed by atoms with Crippen LogP contribution in [-0.2, 0) is 19.3 Å². The van der Waals surface area contributed by atoms with Crippen molar-refractivity contribution >= 4 is 17.5 Å². The van der Waals surface area contributed by atoms with Crippen molar-refractivity contribution in [2.45, 2.75) is 51.4 Å². The zero-order chi connectivity index (χ0) is 18.9. The molecule has 0 aliphatic heterocycles. The Bertz CT molecular complexity index is 794. The fraction of sp³-hybridized carbons (Fsp3) is 0.562. The summed E-state index contributed by atoms with van der Waals surface area (Å²) in [7, 11) is 0. The molecule has 2 aromatic rings. The molecule has 1 amide bonds. The predicted octanol–water partition coefficient (Wildman–Crippen LogP) is 3.47. The largest absolute Gasteiger partial charge is 0.435 e. The van der Waals surface area contributed by atoms with Gasteiger partial charge in [-0.3, -0.25) is 14.2 Å². The van der Waals surface area contributed by atoms with Gasteiger partial charge in [0, 0.05) is 31.2 Å². The van der Waals surface area contributed by atoms with Gasteiger partial charge in [0.05, 0.1) is 11.2 Å². The van der Waals surface area contributed by atoms with E-state index < -0.39 is 11.9 Å². The lowest BCUT2D eigenvalue weighted by molar-refractivity contribution is -0.141. The first kappa shape index (κ1) is 18.8. The summed E-state index contributed by atoms with van der Waals surface area (Å²) < 4.78 is 41.5. The number of aryl methyl sites for hydroxylation is 2. The van der Waals surface area contributed by atoms with E-state index in [0.717, 1.165) is 18.9 Å². The maximum atomic E-state index is 12.9. The van der Waals surface area contributed by atoms with Crippen molar-refractivity contribution in [3.8, 4) is 0 Å². The molecule has 0 spiro atoms. The quantitative estimate of drug-likeness (QED) is 0.737. The Balaban J connectivity index is 1.57. The topological polar surface area (TPSA) is 64.7 Å². The molecule has 3 rings (SSSR count). The lowest BCUT2D eigenvalue weighted by atomic mass is 10.2. The third-order valence-corrected chi connectivity index (χ3v) is 4.52. The van der Waals surface area contributed by atoms with Gasteiger partial charge < -0.3 is 5.32 Å². The van der Waals surface area contributed by atoms with E-state index >= 15 is 0 Å². The zero-order valence-corrected chi connectivity index (χ0v) is 14.9. The number of alkyl halides is 3. The van der Waals surface area contributed by atoms with Crippen molar-refractivity contribution in [2.24, 2.45) is 0 Å². The molecule has 10 heteroatoms. The number of hydrogen-bond donors (Lipinski definition) is 1. The summed E-state index contributed by atoms with van der Waals surface area (Å²) in [4.78, 5) is 12.2. The Morgan fingerprint density at radius 3 is 2.73 bits per heavy atom. The summed E-state index contributed by atoms with van der Waals surface area (Å²) in [5.74, 6) is -0.195. The van der Waals surface area contributed by atoms with Crippen LogP contribution in [0.1, 0.15) is 54.0 Å². The van der Waals surface area contributed by atoms with Crippen LogP contribution in [0.5, 0.6) is 0 Å². The first-order valence-corrected chi connectivity index (χ1v) is 8.83. The Kier molecular flexibility index (Phi) is 5.27. The Hall–Kier alpha value is -2.03. The van der Waals surface area contributed by atoms with Gasteiger partial charge in [-0.1, -0.05) is 11.6 Å². The molecule has 1 N–H and O–H groups in total. The van der Waals surface area contributed by atoms with E-state index in [1.807, 2.05) is 6.92 Å². The summed E-state index contributed by atoms with van der Waals surface area (Å²) in [6.07, 6.45) is -0.802. The van der Waals surface area contributed by atoms with Crippen LogP contribution in [0.2, 0.25) is 5.02 Å². The number of halogens is 4. The minimum Gasteiger partial charge on any atom is -0.351 e. The summed E-state index contributed by atoms with van der Waals surface area (Å²) in [6, 6.07) is 1.13. The first-order chi connectivity index (χ1) is 12.3. The number of hydrogen-bond acceptors (Lipinski definition) is 3. The molecule has 1 aliphatic carbocycles. The van der Waals surface area contributed by atoms with Crippen LogP contribution in [0.25, 0.3) is 0 Å². The Morgan fingerprint density at radius 1 is 1.38 bits per heavy atom. The van der Waals surface area contributed by atoms with Gasteiger partial charge in [-0.2, -0.15) is 23.4 Å². The van der Waals surface area contributed by atoms with E-state index in [4.69, 9.17) is 11.6 Å². The normalized spacial score (nSPS) is 14.7. The molecule has 26 heavy (non-hydrogen) atoms. The highest BCUT2D eigenvalue weighted by Crippen LogP contribution is 2.42. The third kappa shape index (κ3) is 4.03. The summed E-state index contributed by atoms with van der Waals surface area (Å²) >= 11 is 5.97. The number of carbonyl (C=O) groups excluding carboxylic acids is 1. The van der Waals surface area contributed by atoms with Gasteiger partial charge in [0.1, 0.15) is 5.69 Å². The molecule has 142 valence electrons. The van der Waals surface area contributed by atoms with Crippen molar-refractivity contribution in [1.82, 2.24) is 24.9 Å². The Labute approximate surface area is 153 Å². The van der Waals surface area contributed by atoms with E-state index in [2.05, 4.69) is 15.5 Å². The average molecular weight is 390 g/mol. The highest BCUT2D eigenvalue weighted by molar-refractivity contribution is 6.33. The number of carbonyl (C=O) groups is 1. The van der Waals surface area contributed by atoms with E-state index in [9.17, 15) is 18.0 Å². The van der Waals surface area contributed by atoms with Gasteiger partial charge >= 0.3 is 6.18 Å². The van der Waals surface area contributed by atoms with E-state index in [-0.39, 0.29) is 22.5 Å². The molecule has 0 atom stereocenters. The maximum absolute atomic E-state index is 12.9. The Morgan fingerprint density at radius 2 is 2.12 bits per heavy atom. The molecule has 1 aliphatic rings. The van der Waals surface area contributed by atoms with Crippen LogP contribution in [0.3, 0.4) is 0 Å². The number of nitrogens with one attached hydrogen (secondary N) is 1. The summed E-state index contributed by atoms with van der Waals surface area (Å²) in [6.45, 7) is 2.96. The van der Waals surface area contributed by atoms with Gasteiger partial charge in [-0.25, -0.2) is 0 Å². The van der Waals surface area contributed by atoms with Gasteiger partial charge in [0.2, 0.25) is 0 Å². The summed E-state index contributed by atoms with van der Waals surface area (Å²) in [5.41, 5.74) is 0.0455. The number of aromatic nitrogens is 4. The molecule has 1 fully saturated rings. The van der Waals surface area contributed by atoms with Crippen molar-refractivity contribution in [2.75, 3.05) is 6.54 Å². The number of rotatable bonds is 7. The standard InChI is InChI=1S/C16H19ClF3N5O/c1-2-24-14(11(17)9-22-24)15(26)21-6-3-7-25-12(10-4-5-10)8-13(23-25)16(18,19)20/h8-10H,2-7H2,1H3,(H,21,26). The van der Waals surface area contributed by atoms with E-state index in [1.165, 1.54) is 15.6 Å². The van der Waals surface area contributed by atoms with Crippen LogP contribution in [0, 0.1) is 0 Å². The fourth-order valence-electron chi connectivity index (χ4n) is 2.80. The second kappa shape index (κ2) is 7.30. The highest BCUT2D eigenvalue weighted by Gasteiger charge is 2.37. The molecule has 6 nitrogen and oxygen atoms in total. The SMILES string of the molecule is CCn1ncc(Cl)c1C(=O)NCCCn1nc(C(F)(F)F)cc1C1CC1. The molecular formula is C16H19ClF3N5O. The second-order valence-electron chi connectivity index (χ2n) is 6.22. The van der Waals surface area contributed by atoms with E-state index in [0.29, 0.717) is 31.7 Å². The molecule has 0 unspecified atom stereocenters. The average Bonchev–Trinajstić information content (AvgIpc) is 3.21. The molecule has 0 bridgehead atoms. The monoisotopic (exact) mass is 389 g/mol. The minimum atomic E-state index is -4.45. The van der Waals surface area contributed by atoms with Gasteiger partial charge in [-0.15, -0.1) is 0 Å². The third-order valence-electron chi connectivity index (χ3n) is 4.24. The zero-order valence-electron chi connectivity index (χ0n) is 14.2. The number of nitrogens with zero attached hydrogens (tertiary/aromatic N) is 4. The van der Waals surface area contributed by atoms with Crippen LogP contribution in [0.15, 0.2) is 12.3 Å². The molecule has 2 heterocycles. The van der Waals surface area contributed by atoms with Crippen LogP contribution < -0.4 is 5.32 Å². The van der Waals surface area contributed by atoms with Crippen LogP contribution in [-0.4, -0.2) is 32.0 Å². The molecule has 0 radical (unpaired) electrons. The molecular weight excluding hydrogens is 371 g/mol. The van der Waals surface area contributed by atoms with Gasteiger partial charge in [0.25, 0.3) is 5.91 Å². The second-order valence-corrected chi connectivity index (χ2v) is 6.62. The lowest BCUT2D eigenvalue weighted by Crippen LogP contribution is -2.28. The fourth-order valence-corrected chi connectivity index (χ4v) is 3.03.